The number of hydrogen-bond acceptors (Lipinski definition) is 3. The summed E-state index contributed by atoms with van der Waals surface area (Å²) in [5.74, 6) is -1.12. The highest BCUT2D eigenvalue weighted by Crippen LogP contribution is 2.01. The molecule has 2 rings (SSSR count). The minimum Gasteiger partial charge on any atom is -0.345 e. The minimum atomic E-state index is -0.599. The highest BCUT2D eigenvalue weighted by atomic mass is 16.2. The SMILES string of the molecule is O=C(NCc1ccncc1)C(=O)c1ccccc1. The van der Waals surface area contributed by atoms with Crippen LogP contribution in [0.1, 0.15) is 15.9 Å². The van der Waals surface area contributed by atoms with Crippen molar-refractivity contribution in [2.24, 2.45) is 0 Å². The fraction of sp³-hybridized carbons (Fsp3) is 0.0714. The summed E-state index contributed by atoms with van der Waals surface area (Å²) in [4.78, 5) is 27.3. The van der Waals surface area contributed by atoms with Gasteiger partial charge in [-0.15, -0.1) is 0 Å². The third kappa shape index (κ3) is 3.01. The Bertz CT molecular complexity index is 538. The van der Waals surface area contributed by atoms with Gasteiger partial charge in [0.2, 0.25) is 5.78 Å². The standard InChI is InChI=1S/C14H12N2O2/c17-13(12-4-2-1-3-5-12)14(18)16-10-11-6-8-15-9-7-11/h1-9H,10H2,(H,16,18). The molecule has 2 aromatic rings. The van der Waals surface area contributed by atoms with Gasteiger partial charge >= 0.3 is 0 Å². The summed E-state index contributed by atoms with van der Waals surface area (Å²) in [6, 6.07) is 12.1. The number of carbonyl (C=O) groups excluding carboxylic acids is 2. The summed E-state index contributed by atoms with van der Waals surface area (Å²) in [5, 5.41) is 2.58. The molecule has 0 atom stereocenters. The summed E-state index contributed by atoms with van der Waals surface area (Å²) in [6.07, 6.45) is 3.28. The van der Waals surface area contributed by atoms with Crippen molar-refractivity contribution < 1.29 is 9.59 Å². The van der Waals surface area contributed by atoms with Crippen LogP contribution in [-0.4, -0.2) is 16.7 Å². The smallest absolute Gasteiger partial charge is 0.292 e. The summed E-state index contributed by atoms with van der Waals surface area (Å²) in [7, 11) is 0. The highest BCUT2D eigenvalue weighted by Gasteiger charge is 2.14. The molecule has 1 N–H and O–H groups in total. The predicted octanol–water partition coefficient (Wildman–Crippen LogP) is 1.58. The zero-order valence-corrected chi connectivity index (χ0v) is 9.67. The molecule has 0 radical (unpaired) electrons. The van der Waals surface area contributed by atoms with E-state index >= 15 is 0 Å². The highest BCUT2D eigenvalue weighted by molar-refractivity contribution is 6.42. The zero-order valence-electron chi connectivity index (χ0n) is 9.67. The van der Waals surface area contributed by atoms with Crippen molar-refractivity contribution in [3.8, 4) is 0 Å². The monoisotopic (exact) mass is 240 g/mol. The fourth-order valence-corrected chi connectivity index (χ4v) is 1.48. The largest absolute Gasteiger partial charge is 0.345 e. The average molecular weight is 240 g/mol. The van der Waals surface area contributed by atoms with E-state index in [4.69, 9.17) is 0 Å². The summed E-state index contributed by atoms with van der Waals surface area (Å²) >= 11 is 0. The Labute approximate surface area is 105 Å². The predicted molar refractivity (Wildman–Crippen MR) is 66.9 cm³/mol. The van der Waals surface area contributed by atoms with Crippen molar-refractivity contribution >= 4 is 11.7 Å². The van der Waals surface area contributed by atoms with Crippen LogP contribution in [0.4, 0.5) is 0 Å². The van der Waals surface area contributed by atoms with Crippen molar-refractivity contribution in [1.29, 1.82) is 0 Å². The number of ketones is 1. The van der Waals surface area contributed by atoms with Crippen molar-refractivity contribution in [1.82, 2.24) is 10.3 Å². The van der Waals surface area contributed by atoms with E-state index in [0.29, 0.717) is 12.1 Å². The van der Waals surface area contributed by atoms with Crippen molar-refractivity contribution in [2.45, 2.75) is 6.54 Å². The summed E-state index contributed by atoms with van der Waals surface area (Å²) in [6.45, 7) is 0.319. The molecule has 1 aromatic carbocycles. The van der Waals surface area contributed by atoms with Crippen molar-refractivity contribution in [3.63, 3.8) is 0 Å². The van der Waals surface area contributed by atoms with E-state index in [0.717, 1.165) is 5.56 Å². The second-order valence-electron chi connectivity index (χ2n) is 3.73. The number of aromatic nitrogens is 1. The number of nitrogens with zero attached hydrogens (tertiary/aromatic N) is 1. The molecule has 0 fully saturated rings. The van der Waals surface area contributed by atoms with Crippen LogP contribution in [0, 0.1) is 0 Å². The molecule has 0 spiro atoms. The summed E-state index contributed by atoms with van der Waals surface area (Å²) in [5.41, 5.74) is 1.30. The molecule has 0 aliphatic carbocycles. The van der Waals surface area contributed by atoms with Gasteiger partial charge in [0.05, 0.1) is 0 Å². The van der Waals surface area contributed by atoms with Gasteiger partial charge in [-0.3, -0.25) is 14.6 Å². The molecule has 90 valence electrons. The van der Waals surface area contributed by atoms with Gasteiger partial charge in [-0.05, 0) is 17.7 Å². The number of pyridine rings is 1. The number of hydrogen-bond donors (Lipinski definition) is 1. The third-order valence-electron chi connectivity index (χ3n) is 2.44. The lowest BCUT2D eigenvalue weighted by Crippen LogP contribution is -2.30. The number of nitrogens with one attached hydrogen (secondary N) is 1. The molecule has 4 nitrogen and oxygen atoms in total. The molecule has 4 heteroatoms. The molecule has 1 heterocycles. The van der Waals surface area contributed by atoms with E-state index in [-0.39, 0.29) is 0 Å². The molecule has 0 unspecified atom stereocenters. The van der Waals surface area contributed by atoms with Crippen LogP contribution in [0.5, 0.6) is 0 Å². The first-order valence-corrected chi connectivity index (χ1v) is 5.54. The van der Waals surface area contributed by atoms with Gasteiger partial charge in [-0.25, -0.2) is 0 Å². The number of benzene rings is 1. The average Bonchev–Trinajstić information content (AvgIpc) is 2.46. The Kier molecular flexibility index (Phi) is 3.81. The van der Waals surface area contributed by atoms with Gasteiger partial charge in [-0.1, -0.05) is 30.3 Å². The van der Waals surface area contributed by atoms with Gasteiger partial charge in [0.1, 0.15) is 0 Å². The number of rotatable bonds is 4. The summed E-state index contributed by atoms with van der Waals surface area (Å²) < 4.78 is 0. The normalized spacial score (nSPS) is 9.78. The van der Waals surface area contributed by atoms with E-state index in [1.54, 1.807) is 54.9 Å². The number of Topliss-reactive ketones (excluding diaryl/α,β-unsaturated/α-hetero) is 1. The van der Waals surface area contributed by atoms with Crippen LogP contribution in [0.15, 0.2) is 54.9 Å². The number of amides is 1. The quantitative estimate of drug-likeness (QED) is 0.652. The van der Waals surface area contributed by atoms with E-state index in [1.165, 1.54) is 0 Å². The lowest BCUT2D eigenvalue weighted by molar-refractivity contribution is -0.117. The number of carbonyl (C=O) groups is 2. The Morgan fingerprint density at radius 2 is 1.67 bits per heavy atom. The molecule has 0 saturated heterocycles. The Morgan fingerprint density at radius 1 is 1.00 bits per heavy atom. The van der Waals surface area contributed by atoms with Crippen LogP contribution >= 0.6 is 0 Å². The van der Waals surface area contributed by atoms with Crippen LogP contribution in [0.25, 0.3) is 0 Å². The first-order chi connectivity index (χ1) is 8.77. The van der Waals surface area contributed by atoms with Crippen LogP contribution in [0.2, 0.25) is 0 Å². The fourth-order valence-electron chi connectivity index (χ4n) is 1.48. The lowest BCUT2D eigenvalue weighted by atomic mass is 10.1. The molecule has 1 aromatic heterocycles. The van der Waals surface area contributed by atoms with Crippen LogP contribution in [-0.2, 0) is 11.3 Å². The van der Waals surface area contributed by atoms with E-state index in [9.17, 15) is 9.59 Å². The minimum absolute atomic E-state index is 0.319. The Morgan fingerprint density at radius 3 is 2.33 bits per heavy atom. The van der Waals surface area contributed by atoms with Gasteiger partial charge in [0.15, 0.2) is 0 Å². The first kappa shape index (κ1) is 12.0. The molecular formula is C14H12N2O2. The maximum Gasteiger partial charge on any atom is 0.292 e. The zero-order chi connectivity index (χ0) is 12.8. The lowest BCUT2D eigenvalue weighted by Gasteiger charge is -2.04. The topological polar surface area (TPSA) is 59.1 Å². The van der Waals surface area contributed by atoms with Crippen molar-refractivity contribution in [3.05, 3.63) is 66.0 Å². The van der Waals surface area contributed by atoms with Crippen molar-refractivity contribution in [2.75, 3.05) is 0 Å². The van der Waals surface area contributed by atoms with Gasteiger partial charge in [-0.2, -0.15) is 0 Å². The molecule has 0 aliphatic heterocycles. The molecule has 0 bridgehead atoms. The third-order valence-corrected chi connectivity index (χ3v) is 2.44. The van der Waals surface area contributed by atoms with Crippen LogP contribution < -0.4 is 5.32 Å². The maximum absolute atomic E-state index is 11.7. The molecule has 1 amide bonds. The molecule has 18 heavy (non-hydrogen) atoms. The first-order valence-electron chi connectivity index (χ1n) is 5.54. The van der Waals surface area contributed by atoms with Gasteiger partial charge < -0.3 is 5.32 Å². The van der Waals surface area contributed by atoms with Gasteiger partial charge in [0.25, 0.3) is 5.91 Å². The molecular weight excluding hydrogens is 228 g/mol. The molecule has 0 aliphatic rings. The van der Waals surface area contributed by atoms with Gasteiger partial charge in [0, 0.05) is 24.5 Å². The molecule has 0 saturated carbocycles. The van der Waals surface area contributed by atoms with E-state index in [1.807, 2.05) is 0 Å². The van der Waals surface area contributed by atoms with E-state index < -0.39 is 11.7 Å². The maximum atomic E-state index is 11.7. The van der Waals surface area contributed by atoms with Crippen LogP contribution in [0.3, 0.4) is 0 Å². The second kappa shape index (κ2) is 5.72. The Hall–Kier alpha value is -2.49. The second-order valence-corrected chi connectivity index (χ2v) is 3.73. The Balaban J connectivity index is 1.95. The van der Waals surface area contributed by atoms with E-state index in [2.05, 4.69) is 10.3 Å².